The molecule has 28 heavy (non-hydrogen) atoms. The number of nitrogens with one attached hydrogen (secondary N) is 1. The van der Waals surface area contributed by atoms with E-state index in [2.05, 4.69) is 15.7 Å². The van der Waals surface area contributed by atoms with Gasteiger partial charge in [0.25, 0.3) is 5.91 Å². The third-order valence-electron chi connectivity index (χ3n) is 3.70. The van der Waals surface area contributed by atoms with Crippen molar-refractivity contribution in [1.82, 2.24) is 0 Å². The Morgan fingerprint density at radius 1 is 0.893 bits per heavy atom. The Bertz CT molecular complexity index is 989. The highest BCUT2D eigenvalue weighted by Crippen LogP contribution is 2.19. The minimum absolute atomic E-state index is 0.196. The lowest BCUT2D eigenvalue weighted by atomic mass is 10.1. The molecule has 0 aliphatic heterocycles. The van der Waals surface area contributed by atoms with E-state index in [1.165, 1.54) is 0 Å². The van der Waals surface area contributed by atoms with Gasteiger partial charge in [-0.3, -0.25) is 4.79 Å². The van der Waals surface area contributed by atoms with Crippen molar-refractivity contribution < 1.29 is 14.4 Å². The summed E-state index contributed by atoms with van der Waals surface area (Å²) < 4.78 is 0. The summed E-state index contributed by atoms with van der Waals surface area (Å²) >= 11 is 5.95. The molecule has 0 saturated heterocycles. The molecule has 0 bridgehead atoms. The number of benzene rings is 3. The number of nitrogens with zero attached hydrogens (tertiary/aromatic N) is 2. The molecule has 0 aliphatic carbocycles. The maximum absolute atomic E-state index is 12.0. The van der Waals surface area contributed by atoms with E-state index in [1.54, 1.807) is 48.5 Å². The summed E-state index contributed by atoms with van der Waals surface area (Å²) in [5.41, 5.74) is 4.73. The second-order valence-electron chi connectivity index (χ2n) is 5.77. The average Bonchev–Trinajstić information content (AvgIpc) is 2.72. The molecule has 0 spiro atoms. The van der Waals surface area contributed by atoms with Crippen LogP contribution in [0.4, 0.5) is 11.4 Å². The smallest absolute Gasteiger partial charge is 0.338 e. The van der Waals surface area contributed by atoms with Gasteiger partial charge in [-0.25, -0.2) is 10.3 Å². The molecule has 140 valence electrons. The lowest BCUT2D eigenvalue weighted by Gasteiger charge is -2.07. The predicted molar refractivity (Wildman–Crippen MR) is 107 cm³/mol. The molecule has 0 unspecified atom stereocenters. The van der Waals surface area contributed by atoms with Gasteiger partial charge in [-0.1, -0.05) is 54.1 Å². The Kier molecular flexibility index (Phi) is 6.49. The van der Waals surface area contributed by atoms with Crippen LogP contribution in [0.3, 0.4) is 0 Å². The normalized spacial score (nSPS) is 10.6. The molecule has 0 fully saturated rings. The summed E-state index contributed by atoms with van der Waals surface area (Å²) in [6, 6.07) is 22.5. The Balaban J connectivity index is 1.52. The van der Waals surface area contributed by atoms with Crippen molar-refractivity contribution in [2.45, 2.75) is 6.42 Å². The van der Waals surface area contributed by atoms with Gasteiger partial charge in [-0.15, -0.1) is 10.2 Å². The van der Waals surface area contributed by atoms with Gasteiger partial charge in [-0.05, 0) is 42.0 Å². The zero-order chi connectivity index (χ0) is 19.8. The molecule has 0 radical (unpaired) electrons. The summed E-state index contributed by atoms with van der Waals surface area (Å²) in [6.45, 7) is 0. The van der Waals surface area contributed by atoms with E-state index in [9.17, 15) is 9.59 Å². The summed E-state index contributed by atoms with van der Waals surface area (Å²) in [5.74, 6) is -0.928. The van der Waals surface area contributed by atoms with Gasteiger partial charge >= 0.3 is 5.97 Å². The number of azo groups is 1. The first-order valence-corrected chi connectivity index (χ1v) is 8.80. The molecule has 7 heteroatoms. The number of carbonyl (C=O) groups is 2. The first kappa shape index (κ1) is 19.3. The number of carbonyl (C=O) groups excluding carboxylic acids is 2. The molecule has 6 nitrogen and oxygen atoms in total. The Morgan fingerprint density at radius 2 is 1.57 bits per heavy atom. The minimum Gasteiger partial charge on any atom is -0.338 e. The van der Waals surface area contributed by atoms with Crippen LogP contribution in [-0.2, 0) is 16.1 Å². The van der Waals surface area contributed by atoms with E-state index in [4.69, 9.17) is 16.4 Å². The van der Waals surface area contributed by atoms with E-state index in [0.717, 1.165) is 5.56 Å². The predicted octanol–water partition coefficient (Wildman–Crippen LogP) is 5.38. The number of hydrogen-bond acceptors (Lipinski definition) is 5. The maximum atomic E-state index is 12.0. The molecule has 3 aromatic carbocycles. The highest BCUT2D eigenvalue weighted by molar-refractivity contribution is 6.33. The third kappa shape index (κ3) is 5.49. The number of hydrogen-bond donors (Lipinski definition) is 1. The molecule has 0 saturated carbocycles. The van der Waals surface area contributed by atoms with Crippen molar-refractivity contribution in [3.8, 4) is 0 Å². The molecule has 3 aromatic rings. The van der Waals surface area contributed by atoms with Crippen molar-refractivity contribution in [2.24, 2.45) is 10.2 Å². The SMILES string of the molecule is O=C(Cc1ccccc1)N=Nc1ccc(NOC(=O)c2ccccc2Cl)cc1. The lowest BCUT2D eigenvalue weighted by molar-refractivity contribution is -0.117. The standard InChI is InChI=1S/C21H16ClN3O3/c22-19-9-5-4-8-18(19)21(27)28-25-17-12-10-16(11-13-17)23-24-20(26)14-15-6-2-1-3-7-15/h1-13,25H,14H2. The number of anilines is 1. The topological polar surface area (TPSA) is 80.1 Å². The number of rotatable bonds is 6. The molecule has 0 aliphatic rings. The zero-order valence-electron chi connectivity index (χ0n) is 14.7. The molecule has 3 rings (SSSR count). The average molecular weight is 394 g/mol. The highest BCUT2D eigenvalue weighted by atomic mass is 35.5. The van der Waals surface area contributed by atoms with Crippen LogP contribution in [0.2, 0.25) is 5.02 Å². The van der Waals surface area contributed by atoms with E-state index in [1.807, 2.05) is 30.3 Å². The van der Waals surface area contributed by atoms with E-state index >= 15 is 0 Å². The second kappa shape index (κ2) is 9.43. The lowest BCUT2D eigenvalue weighted by Crippen LogP contribution is -2.11. The molecule has 1 N–H and O–H groups in total. The largest absolute Gasteiger partial charge is 0.364 e. The van der Waals surface area contributed by atoms with Crippen LogP contribution in [0.15, 0.2) is 89.1 Å². The van der Waals surface area contributed by atoms with Crippen molar-refractivity contribution >= 4 is 34.9 Å². The van der Waals surface area contributed by atoms with Gasteiger partial charge in [-0.2, -0.15) is 0 Å². The van der Waals surface area contributed by atoms with Crippen LogP contribution in [0.5, 0.6) is 0 Å². The van der Waals surface area contributed by atoms with Gasteiger partial charge in [0, 0.05) is 0 Å². The van der Waals surface area contributed by atoms with Crippen LogP contribution in [0.25, 0.3) is 0 Å². The molecular weight excluding hydrogens is 378 g/mol. The van der Waals surface area contributed by atoms with E-state index in [0.29, 0.717) is 16.4 Å². The van der Waals surface area contributed by atoms with Crippen LogP contribution in [-0.4, -0.2) is 11.9 Å². The van der Waals surface area contributed by atoms with E-state index < -0.39 is 5.97 Å². The van der Waals surface area contributed by atoms with Crippen LogP contribution in [0.1, 0.15) is 15.9 Å². The zero-order valence-corrected chi connectivity index (χ0v) is 15.5. The van der Waals surface area contributed by atoms with Crippen LogP contribution in [0, 0.1) is 0 Å². The number of amides is 1. The Morgan fingerprint density at radius 3 is 2.29 bits per heavy atom. The monoisotopic (exact) mass is 393 g/mol. The summed E-state index contributed by atoms with van der Waals surface area (Å²) in [6.07, 6.45) is 0.196. The maximum Gasteiger partial charge on any atom is 0.364 e. The molecule has 0 atom stereocenters. The summed E-state index contributed by atoms with van der Waals surface area (Å²) in [5, 5.41) is 7.94. The fourth-order valence-electron chi connectivity index (χ4n) is 2.30. The fraction of sp³-hybridized carbons (Fsp3) is 0.0476. The van der Waals surface area contributed by atoms with Crippen LogP contribution < -0.4 is 5.48 Å². The van der Waals surface area contributed by atoms with Gasteiger partial charge in [0.15, 0.2) is 0 Å². The molecule has 0 aromatic heterocycles. The number of halogens is 1. The van der Waals surface area contributed by atoms with Gasteiger partial charge in [0.2, 0.25) is 0 Å². The summed E-state index contributed by atoms with van der Waals surface area (Å²) in [4.78, 5) is 28.9. The van der Waals surface area contributed by atoms with Gasteiger partial charge in [0.05, 0.1) is 28.4 Å². The second-order valence-corrected chi connectivity index (χ2v) is 6.18. The van der Waals surface area contributed by atoms with Crippen molar-refractivity contribution in [3.63, 3.8) is 0 Å². The van der Waals surface area contributed by atoms with Crippen molar-refractivity contribution in [2.75, 3.05) is 5.48 Å². The summed E-state index contributed by atoms with van der Waals surface area (Å²) in [7, 11) is 0. The quantitative estimate of drug-likeness (QED) is 0.450. The van der Waals surface area contributed by atoms with Gasteiger partial charge < -0.3 is 4.84 Å². The molecule has 1 amide bonds. The van der Waals surface area contributed by atoms with Crippen molar-refractivity contribution in [3.05, 3.63) is 95.0 Å². The molecular formula is C21H16ClN3O3. The Labute approximate surface area is 166 Å². The van der Waals surface area contributed by atoms with E-state index in [-0.39, 0.29) is 17.9 Å². The first-order valence-electron chi connectivity index (χ1n) is 8.42. The van der Waals surface area contributed by atoms with Crippen LogP contribution >= 0.6 is 11.6 Å². The van der Waals surface area contributed by atoms with Crippen molar-refractivity contribution in [1.29, 1.82) is 0 Å². The third-order valence-corrected chi connectivity index (χ3v) is 4.03. The van der Waals surface area contributed by atoms with Gasteiger partial charge in [0.1, 0.15) is 0 Å². The molecule has 0 heterocycles. The Hall–Kier alpha value is -3.51. The fourth-order valence-corrected chi connectivity index (χ4v) is 2.52. The highest BCUT2D eigenvalue weighted by Gasteiger charge is 2.11. The minimum atomic E-state index is -0.596. The first-order chi connectivity index (χ1) is 13.6.